The van der Waals surface area contributed by atoms with Crippen LogP contribution in [0.25, 0.3) is 10.8 Å². The van der Waals surface area contributed by atoms with Crippen molar-refractivity contribution in [3.63, 3.8) is 0 Å². The smallest absolute Gasteiger partial charge is 0.418 e. The van der Waals surface area contributed by atoms with Gasteiger partial charge in [-0.3, -0.25) is 19.4 Å². The van der Waals surface area contributed by atoms with Crippen LogP contribution in [0.5, 0.6) is 11.5 Å². The molecule has 0 unspecified atom stereocenters. The molecule has 0 aliphatic rings. The Hall–Kier alpha value is -5.19. The summed E-state index contributed by atoms with van der Waals surface area (Å²) in [5.41, 5.74) is -1.58. The van der Waals surface area contributed by atoms with Gasteiger partial charge in [0.1, 0.15) is 17.2 Å². The largest absolute Gasteiger partial charge is 0.457 e. The lowest BCUT2D eigenvalue weighted by Crippen LogP contribution is -2.28. The summed E-state index contributed by atoms with van der Waals surface area (Å²) in [7, 11) is 1.48. The zero-order valence-corrected chi connectivity index (χ0v) is 21.6. The predicted molar refractivity (Wildman–Crippen MR) is 144 cm³/mol. The molecule has 3 rings (SSSR count). The van der Waals surface area contributed by atoms with E-state index in [0.29, 0.717) is 22.3 Å². The Morgan fingerprint density at radius 3 is 2.35 bits per heavy atom. The minimum Gasteiger partial charge on any atom is -0.457 e. The number of rotatable bonds is 9. The second kappa shape index (κ2) is 12.6. The van der Waals surface area contributed by atoms with Gasteiger partial charge in [0, 0.05) is 36.0 Å². The van der Waals surface area contributed by atoms with E-state index in [2.05, 4.69) is 34.1 Å². The summed E-state index contributed by atoms with van der Waals surface area (Å²) in [5.74, 6) is -1.18. The Morgan fingerprint density at radius 1 is 1.00 bits per heavy atom. The van der Waals surface area contributed by atoms with E-state index in [1.54, 1.807) is 36.4 Å². The van der Waals surface area contributed by atoms with Gasteiger partial charge >= 0.3 is 6.18 Å². The predicted octanol–water partition coefficient (Wildman–Crippen LogP) is 5.32. The summed E-state index contributed by atoms with van der Waals surface area (Å²) in [6.07, 6.45) is -0.833. The fraction of sp³-hybridized carbons (Fsp3) is 0.103. The van der Waals surface area contributed by atoms with Gasteiger partial charge in [0.05, 0.1) is 11.3 Å². The second-order valence-electron chi connectivity index (χ2n) is 8.15. The van der Waals surface area contributed by atoms with Gasteiger partial charge in [-0.25, -0.2) is 0 Å². The number of alkyl halides is 3. The summed E-state index contributed by atoms with van der Waals surface area (Å²) in [5, 5.41) is 8.09. The molecule has 0 aliphatic heterocycles. The van der Waals surface area contributed by atoms with Crippen molar-refractivity contribution in [3.05, 3.63) is 114 Å². The quantitative estimate of drug-likeness (QED) is 0.247. The van der Waals surface area contributed by atoms with Crippen LogP contribution in [0, 0.1) is 0 Å². The van der Waals surface area contributed by atoms with Gasteiger partial charge < -0.3 is 20.7 Å². The molecule has 1 heterocycles. The number of amides is 3. The summed E-state index contributed by atoms with van der Waals surface area (Å²) >= 11 is 0. The maximum absolute atomic E-state index is 13.5. The lowest BCUT2D eigenvalue weighted by Gasteiger charge is -2.17. The third-order valence-corrected chi connectivity index (χ3v) is 5.47. The van der Waals surface area contributed by atoms with Gasteiger partial charge in [0.15, 0.2) is 0 Å². The number of aromatic nitrogens is 1. The number of pyridine rings is 1. The van der Waals surface area contributed by atoms with Crippen molar-refractivity contribution in [3.8, 4) is 11.5 Å². The van der Waals surface area contributed by atoms with Crippen molar-refractivity contribution in [2.45, 2.75) is 13.1 Å². The molecule has 3 amide bonds. The van der Waals surface area contributed by atoms with Crippen LogP contribution >= 0.6 is 0 Å². The third kappa shape index (κ3) is 7.01. The standard InChI is InChI=1S/C29H25F3N4O4/c1-5-22(29(30,31)32)23(36-26(37)6-2)15-17(3)35-27(38)21-11-7-10-20-19(21)9-8-12-25(20)40-18-13-14-34-24(16-18)28(39)33-4/h5-16H,2-3H2,1,4H3,(H,33,39)(H,35,38)(H,36,37). The first-order valence-corrected chi connectivity index (χ1v) is 11.8. The van der Waals surface area contributed by atoms with Crippen molar-refractivity contribution >= 4 is 28.5 Å². The molecule has 11 heteroatoms. The Labute approximate surface area is 227 Å². The lowest BCUT2D eigenvalue weighted by atomic mass is 10.0. The molecule has 0 bridgehead atoms. The van der Waals surface area contributed by atoms with E-state index in [-0.39, 0.29) is 22.9 Å². The van der Waals surface area contributed by atoms with Crippen LogP contribution in [0.2, 0.25) is 0 Å². The number of allylic oxidation sites excluding steroid dienone is 3. The zero-order chi connectivity index (χ0) is 29.4. The molecule has 0 fully saturated rings. The van der Waals surface area contributed by atoms with E-state index in [9.17, 15) is 27.6 Å². The first-order chi connectivity index (χ1) is 19.0. The average molecular weight is 551 g/mol. The Bertz CT molecular complexity index is 1560. The first-order valence-electron chi connectivity index (χ1n) is 11.8. The number of nitrogens with one attached hydrogen (secondary N) is 3. The van der Waals surface area contributed by atoms with Crippen molar-refractivity contribution in [1.82, 2.24) is 20.9 Å². The van der Waals surface area contributed by atoms with Crippen LogP contribution < -0.4 is 20.7 Å². The summed E-state index contributed by atoms with van der Waals surface area (Å²) in [4.78, 5) is 40.8. The van der Waals surface area contributed by atoms with Crippen molar-refractivity contribution in [1.29, 1.82) is 0 Å². The molecule has 0 spiro atoms. The molecule has 1 aromatic heterocycles. The molecular weight excluding hydrogens is 525 g/mol. The fourth-order valence-corrected chi connectivity index (χ4v) is 3.68. The number of fused-ring (bicyclic) bond motifs is 1. The topological polar surface area (TPSA) is 109 Å². The maximum atomic E-state index is 13.5. The molecule has 0 saturated carbocycles. The molecule has 40 heavy (non-hydrogen) atoms. The van der Waals surface area contributed by atoms with E-state index in [1.807, 2.05) is 0 Å². The number of benzene rings is 2. The highest BCUT2D eigenvalue weighted by atomic mass is 19.4. The van der Waals surface area contributed by atoms with Crippen LogP contribution in [-0.2, 0) is 4.79 Å². The number of carbonyl (C=O) groups is 3. The van der Waals surface area contributed by atoms with Gasteiger partial charge in [-0.1, -0.05) is 43.5 Å². The maximum Gasteiger partial charge on any atom is 0.418 e. The third-order valence-electron chi connectivity index (χ3n) is 5.47. The first kappa shape index (κ1) is 29.4. The monoisotopic (exact) mass is 550 g/mol. The van der Waals surface area contributed by atoms with E-state index in [0.717, 1.165) is 18.2 Å². The van der Waals surface area contributed by atoms with Gasteiger partial charge in [0.2, 0.25) is 5.91 Å². The van der Waals surface area contributed by atoms with Crippen molar-refractivity contribution in [2.75, 3.05) is 7.05 Å². The van der Waals surface area contributed by atoms with Gasteiger partial charge in [-0.15, -0.1) is 0 Å². The van der Waals surface area contributed by atoms with Gasteiger partial charge in [-0.05, 0) is 42.7 Å². The number of hydrogen-bond acceptors (Lipinski definition) is 5. The molecule has 0 saturated heterocycles. The molecule has 3 N–H and O–H groups in total. The van der Waals surface area contributed by atoms with Crippen molar-refractivity contribution in [2.24, 2.45) is 0 Å². The molecule has 0 aliphatic carbocycles. The normalized spacial score (nSPS) is 11.9. The van der Waals surface area contributed by atoms with E-state index in [1.165, 1.54) is 32.3 Å². The minimum absolute atomic E-state index is 0.155. The number of carbonyl (C=O) groups excluding carboxylic acids is 3. The van der Waals surface area contributed by atoms with Gasteiger partial charge in [-0.2, -0.15) is 13.2 Å². The number of nitrogens with zero attached hydrogens (tertiary/aromatic N) is 1. The van der Waals surface area contributed by atoms with Crippen LogP contribution in [0.3, 0.4) is 0 Å². The zero-order valence-electron chi connectivity index (χ0n) is 21.6. The van der Waals surface area contributed by atoms with E-state index >= 15 is 0 Å². The van der Waals surface area contributed by atoms with E-state index < -0.39 is 29.3 Å². The SMILES string of the molecule is C=CC(=O)NC(=CC(=C)NC(=O)c1cccc2c(Oc3ccnc(C(=O)NC)c3)cccc12)C(=CC)C(F)(F)F. The Balaban J connectivity index is 1.92. The minimum atomic E-state index is -4.78. The average Bonchev–Trinajstić information content (AvgIpc) is 2.91. The van der Waals surface area contributed by atoms with Crippen LogP contribution in [0.4, 0.5) is 13.2 Å². The Kier molecular flexibility index (Phi) is 9.23. The van der Waals surface area contributed by atoms with Crippen LogP contribution in [0.15, 0.2) is 103 Å². The fourth-order valence-electron chi connectivity index (χ4n) is 3.68. The highest BCUT2D eigenvalue weighted by molar-refractivity contribution is 6.09. The summed E-state index contributed by atoms with van der Waals surface area (Å²) in [6, 6.07) is 12.9. The lowest BCUT2D eigenvalue weighted by molar-refractivity contribution is -0.116. The summed E-state index contributed by atoms with van der Waals surface area (Å²) in [6.45, 7) is 8.04. The van der Waals surface area contributed by atoms with Crippen molar-refractivity contribution < 1.29 is 32.3 Å². The highest BCUT2D eigenvalue weighted by Gasteiger charge is 2.36. The second-order valence-corrected chi connectivity index (χ2v) is 8.15. The molecule has 2 aromatic carbocycles. The molecule has 3 aromatic rings. The van der Waals surface area contributed by atoms with Gasteiger partial charge in [0.25, 0.3) is 11.8 Å². The van der Waals surface area contributed by atoms with Crippen LogP contribution in [-0.4, -0.2) is 35.9 Å². The highest BCUT2D eigenvalue weighted by Crippen LogP contribution is 2.32. The summed E-state index contributed by atoms with van der Waals surface area (Å²) < 4.78 is 46.5. The molecule has 8 nitrogen and oxygen atoms in total. The molecule has 206 valence electrons. The number of halogens is 3. The van der Waals surface area contributed by atoms with E-state index in [4.69, 9.17) is 4.74 Å². The number of ether oxygens (including phenoxy) is 1. The number of hydrogen-bond donors (Lipinski definition) is 3. The van der Waals surface area contributed by atoms with Crippen LogP contribution in [0.1, 0.15) is 27.8 Å². The molecular formula is C29H25F3N4O4. The molecule has 0 radical (unpaired) electrons. The molecule has 0 atom stereocenters. The Morgan fingerprint density at radius 2 is 1.70 bits per heavy atom.